The first kappa shape index (κ1) is 23.9. The minimum absolute atomic E-state index is 0.188. The third-order valence-electron chi connectivity index (χ3n) is 6.59. The van der Waals surface area contributed by atoms with Gasteiger partial charge in [-0.05, 0) is 74.1 Å². The smallest absolute Gasteiger partial charge is 0.322 e. The predicted octanol–water partition coefficient (Wildman–Crippen LogP) is 4.65. The molecule has 0 radical (unpaired) electrons. The molecule has 1 heterocycles. The standard InChI is InChI=1S/C25H27ClO6S/c1-4-31-21-10-5-6-11-25(21)23(27)22(24(28)32-25)18-14-20(26)19(12-15(18)2)16-8-7-9-17(13-16)33(3,29)30/h7-9,12-14,21-22H,4-6,10-11H2,1-3H3. The first-order chi connectivity index (χ1) is 15.6. The van der Waals surface area contributed by atoms with E-state index in [1.165, 1.54) is 6.07 Å². The van der Waals surface area contributed by atoms with E-state index in [0.717, 1.165) is 19.1 Å². The molecular formula is C25H27ClO6S. The summed E-state index contributed by atoms with van der Waals surface area (Å²) in [4.78, 5) is 26.8. The van der Waals surface area contributed by atoms with Crippen molar-refractivity contribution < 1.29 is 27.5 Å². The highest BCUT2D eigenvalue weighted by atomic mass is 35.5. The summed E-state index contributed by atoms with van der Waals surface area (Å²) >= 11 is 6.59. The van der Waals surface area contributed by atoms with Gasteiger partial charge >= 0.3 is 5.97 Å². The number of sulfone groups is 1. The lowest BCUT2D eigenvalue weighted by Crippen LogP contribution is -2.51. The number of halogens is 1. The predicted molar refractivity (Wildman–Crippen MR) is 125 cm³/mol. The van der Waals surface area contributed by atoms with E-state index in [0.29, 0.717) is 46.7 Å². The molecule has 4 rings (SSSR count). The molecule has 2 aliphatic rings. The molecule has 1 saturated carbocycles. The van der Waals surface area contributed by atoms with Crippen LogP contribution in [-0.4, -0.2) is 44.7 Å². The molecule has 2 aromatic rings. The van der Waals surface area contributed by atoms with Crippen LogP contribution in [0.5, 0.6) is 0 Å². The maximum absolute atomic E-state index is 13.6. The fraction of sp³-hybridized carbons (Fsp3) is 0.440. The molecule has 1 saturated heterocycles. The summed E-state index contributed by atoms with van der Waals surface area (Å²) in [6.45, 7) is 4.11. The number of ketones is 1. The molecule has 176 valence electrons. The molecule has 3 unspecified atom stereocenters. The molecule has 33 heavy (non-hydrogen) atoms. The topological polar surface area (TPSA) is 86.7 Å². The number of rotatable bonds is 5. The highest BCUT2D eigenvalue weighted by molar-refractivity contribution is 7.90. The summed E-state index contributed by atoms with van der Waals surface area (Å²) < 4.78 is 35.5. The van der Waals surface area contributed by atoms with Crippen LogP contribution in [-0.2, 0) is 28.9 Å². The van der Waals surface area contributed by atoms with E-state index in [-0.39, 0.29) is 10.7 Å². The second kappa shape index (κ2) is 8.85. The monoisotopic (exact) mass is 490 g/mol. The van der Waals surface area contributed by atoms with Gasteiger partial charge in [-0.15, -0.1) is 0 Å². The fourth-order valence-electron chi connectivity index (χ4n) is 4.96. The van der Waals surface area contributed by atoms with Crippen LogP contribution in [0.3, 0.4) is 0 Å². The molecule has 2 fully saturated rings. The minimum atomic E-state index is -3.38. The van der Waals surface area contributed by atoms with Crippen LogP contribution < -0.4 is 0 Å². The van der Waals surface area contributed by atoms with Crippen molar-refractivity contribution in [3.8, 4) is 11.1 Å². The number of benzene rings is 2. The van der Waals surface area contributed by atoms with Crippen molar-refractivity contribution in [2.45, 2.75) is 62.0 Å². The largest absolute Gasteiger partial charge is 0.447 e. The van der Waals surface area contributed by atoms with Crippen molar-refractivity contribution in [2.75, 3.05) is 12.9 Å². The SMILES string of the molecule is CCOC1CCCCC12OC(=O)C(c1cc(Cl)c(-c3cccc(S(C)(=O)=O)c3)cc1C)C2=O. The Balaban J connectivity index is 1.73. The molecule has 2 aromatic carbocycles. The number of carbonyl (C=O) groups is 2. The molecular weight excluding hydrogens is 464 g/mol. The number of ether oxygens (including phenoxy) is 2. The summed E-state index contributed by atoms with van der Waals surface area (Å²) in [5.74, 6) is -1.89. The average Bonchev–Trinajstić information content (AvgIpc) is 3.00. The van der Waals surface area contributed by atoms with Gasteiger partial charge in [-0.25, -0.2) is 8.42 Å². The minimum Gasteiger partial charge on any atom is -0.447 e. The van der Waals surface area contributed by atoms with Crippen LogP contribution in [0.25, 0.3) is 11.1 Å². The van der Waals surface area contributed by atoms with Gasteiger partial charge in [-0.2, -0.15) is 0 Å². The van der Waals surface area contributed by atoms with Crippen molar-refractivity contribution >= 4 is 33.2 Å². The maximum atomic E-state index is 13.6. The van der Waals surface area contributed by atoms with Crippen LogP contribution >= 0.6 is 11.6 Å². The summed E-state index contributed by atoms with van der Waals surface area (Å²) in [6.07, 6.45) is 3.57. The Hall–Kier alpha value is -2.22. The zero-order valence-electron chi connectivity index (χ0n) is 18.9. The Kier molecular flexibility index (Phi) is 6.42. The molecule has 0 amide bonds. The van der Waals surface area contributed by atoms with E-state index in [1.54, 1.807) is 30.3 Å². The van der Waals surface area contributed by atoms with Gasteiger partial charge in [0, 0.05) is 23.4 Å². The van der Waals surface area contributed by atoms with Crippen LogP contribution in [0.2, 0.25) is 5.02 Å². The van der Waals surface area contributed by atoms with Crippen molar-refractivity contribution in [3.63, 3.8) is 0 Å². The zero-order chi connectivity index (χ0) is 24.0. The Bertz CT molecular complexity index is 1220. The third-order valence-corrected chi connectivity index (χ3v) is 8.01. The quantitative estimate of drug-likeness (QED) is 0.448. The van der Waals surface area contributed by atoms with E-state index in [1.807, 2.05) is 13.8 Å². The van der Waals surface area contributed by atoms with Crippen LogP contribution in [0.4, 0.5) is 0 Å². The molecule has 0 bridgehead atoms. The van der Waals surface area contributed by atoms with Gasteiger partial charge in [-0.1, -0.05) is 30.2 Å². The van der Waals surface area contributed by atoms with Gasteiger partial charge in [0.1, 0.15) is 12.0 Å². The summed E-state index contributed by atoms with van der Waals surface area (Å²) in [7, 11) is -3.38. The second-order valence-electron chi connectivity index (χ2n) is 8.79. The number of Topliss-reactive ketones (excluding diaryl/α,β-unsaturated/α-hetero) is 1. The van der Waals surface area contributed by atoms with Crippen molar-refractivity contribution in [1.29, 1.82) is 0 Å². The molecule has 8 heteroatoms. The number of carbonyl (C=O) groups excluding carboxylic acids is 2. The maximum Gasteiger partial charge on any atom is 0.322 e. The highest BCUT2D eigenvalue weighted by Crippen LogP contribution is 2.46. The van der Waals surface area contributed by atoms with Crippen molar-refractivity contribution in [1.82, 2.24) is 0 Å². The van der Waals surface area contributed by atoms with Gasteiger partial charge in [0.25, 0.3) is 0 Å². The Morgan fingerprint density at radius 2 is 1.94 bits per heavy atom. The molecule has 3 atom stereocenters. The van der Waals surface area contributed by atoms with Gasteiger partial charge < -0.3 is 9.47 Å². The second-order valence-corrected chi connectivity index (χ2v) is 11.2. The van der Waals surface area contributed by atoms with Crippen LogP contribution in [0.1, 0.15) is 49.7 Å². The molecule has 6 nitrogen and oxygen atoms in total. The van der Waals surface area contributed by atoms with Gasteiger partial charge in [0.05, 0.1) is 4.90 Å². The van der Waals surface area contributed by atoms with E-state index in [2.05, 4.69) is 0 Å². The summed E-state index contributed by atoms with van der Waals surface area (Å²) in [5.41, 5.74) is 1.24. The summed E-state index contributed by atoms with van der Waals surface area (Å²) in [6, 6.07) is 9.93. The number of hydrogen-bond acceptors (Lipinski definition) is 6. The molecule has 0 N–H and O–H groups in total. The van der Waals surface area contributed by atoms with Crippen LogP contribution in [0, 0.1) is 6.92 Å². The van der Waals surface area contributed by atoms with Gasteiger partial charge in [0.2, 0.25) is 0 Å². The van der Waals surface area contributed by atoms with Crippen LogP contribution in [0.15, 0.2) is 41.3 Å². The lowest BCUT2D eigenvalue weighted by Gasteiger charge is -2.37. The lowest BCUT2D eigenvalue weighted by molar-refractivity contribution is -0.175. The van der Waals surface area contributed by atoms with E-state index in [4.69, 9.17) is 21.1 Å². The average molecular weight is 491 g/mol. The molecule has 0 aromatic heterocycles. The third kappa shape index (κ3) is 4.22. The normalized spacial score (nSPS) is 25.5. The Labute approximate surface area is 199 Å². The van der Waals surface area contributed by atoms with Crippen molar-refractivity contribution in [2.24, 2.45) is 0 Å². The Morgan fingerprint density at radius 1 is 1.18 bits per heavy atom. The molecule has 1 aliphatic heterocycles. The van der Waals surface area contributed by atoms with Crippen molar-refractivity contribution in [3.05, 3.63) is 52.5 Å². The highest BCUT2D eigenvalue weighted by Gasteiger charge is 2.61. The Morgan fingerprint density at radius 3 is 2.64 bits per heavy atom. The number of aryl methyl sites for hydroxylation is 1. The zero-order valence-corrected chi connectivity index (χ0v) is 20.5. The number of esters is 1. The number of hydrogen-bond donors (Lipinski definition) is 0. The molecule has 1 spiro atoms. The van der Waals surface area contributed by atoms with Gasteiger partial charge in [-0.3, -0.25) is 9.59 Å². The lowest BCUT2D eigenvalue weighted by atomic mass is 9.75. The first-order valence-electron chi connectivity index (χ1n) is 11.1. The van der Waals surface area contributed by atoms with E-state index >= 15 is 0 Å². The fourth-order valence-corrected chi connectivity index (χ4v) is 5.91. The first-order valence-corrected chi connectivity index (χ1v) is 13.3. The summed E-state index contributed by atoms with van der Waals surface area (Å²) in [5, 5.41) is 0.327. The molecule has 1 aliphatic carbocycles. The van der Waals surface area contributed by atoms with Gasteiger partial charge in [0.15, 0.2) is 21.2 Å². The van der Waals surface area contributed by atoms with E-state index in [9.17, 15) is 18.0 Å². The van der Waals surface area contributed by atoms with E-state index < -0.39 is 33.4 Å².